The fraction of sp³-hybridized carbons (Fsp3) is 0.375. The molecule has 5 heteroatoms. The molecule has 2 aromatic rings. The number of nitrogens with one attached hydrogen (secondary N) is 1. The maximum Gasteiger partial charge on any atom is 0.240 e. The summed E-state index contributed by atoms with van der Waals surface area (Å²) in [7, 11) is 2.11. The number of hydrogen-bond donors (Lipinski definition) is 1. The third kappa shape index (κ3) is 3.07. The minimum absolute atomic E-state index is 0.0253. The number of nitrogens with zero attached hydrogens (tertiary/aromatic N) is 3. The molecule has 1 N–H and O–H groups in total. The van der Waals surface area contributed by atoms with Crippen molar-refractivity contribution < 1.29 is 4.79 Å². The Morgan fingerprint density at radius 1 is 1.43 bits per heavy atom. The van der Waals surface area contributed by atoms with Gasteiger partial charge in [0.2, 0.25) is 5.91 Å². The number of amides is 1. The summed E-state index contributed by atoms with van der Waals surface area (Å²) in [5, 5.41) is 3.16. The zero-order valence-electron chi connectivity index (χ0n) is 12.2. The third-order valence-electron chi connectivity index (χ3n) is 3.93. The number of fused-ring (bicyclic) bond motifs is 1. The monoisotopic (exact) mass is 284 g/mol. The Morgan fingerprint density at radius 3 is 3.10 bits per heavy atom. The average Bonchev–Trinajstić information content (AvgIpc) is 2.93. The van der Waals surface area contributed by atoms with Gasteiger partial charge < -0.3 is 14.8 Å². The lowest BCUT2D eigenvalue weighted by Crippen LogP contribution is -2.31. The first-order valence-electron chi connectivity index (χ1n) is 7.29. The van der Waals surface area contributed by atoms with E-state index in [2.05, 4.69) is 34.4 Å². The van der Waals surface area contributed by atoms with Crippen LogP contribution in [0.15, 0.2) is 43.0 Å². The maximum absolute atomic E-state index is 12.2. The van der Waals surface area contributed by atoms with E-state index in [0.717, 1.165) is 19.4 Å². The normalized spacial score (nSPS) is 18.0. The molecule has 0 saturated carbocycles. The second-order valence-electron chi connectivity index (χ2n) is 5.48. The molecular weight excluding hydrogens is 264 g/mol. The van der Waals surface area contributed by atoms with Crippen molar-refractivity contribution in [3.63, 3.8) is 0 Å². The van der Waals surface area contributed by atoms with Gasteiger partial charge in [0.15, 0.2) is 0 Å². The molecule has 1 atom stereocenters. The van der Waals surface area contributed by atoms with E-state index in [0.29, 0.717) is 6.54 Å². The Hall–Kier alpha value is -2.30. The quantitative estimate of drug-likeness (QED) is 0.937. The molecule has 1 aromatic carbocycles. The van der Waals surface area contributed by atoms with Crippen LogP contribution in [0.5, 0.6) is 0 Å². The van der Waals surface area contributed by atoms with Crippen molar-refractivity contribution in [2.24, 2.45) is 0 Å². The van der Waals surface area contributed by atoms with E-state index in [1.807, 2.05) is 12.1 Å². The fourth-order valence-electron chi connectivity index (χ4n) is 2.87. The third-order valence-corrected chi connectivity index (χ3v) is 3.93. The molecule has 0 radical (unpaired) electrons. The highest BCUT2D eigenvalue weighted by Gasteiger charge is 2.22. The van der Waals surface area contributed by atoms with Gasteiger partial charge in [-0.1, -0.05) is 18.2 Å². The van der Waals surface area contributed by atoms with Gasteiger partial charge in [-0.3, -0.25) is 4.79 Å². The van der Waals surface area contributed by atoms with Gasteiger partial charge in [-0.05, 0) is 24.5 Å². The molecule has 0 saturated heterocycles. The zero-order chi connectivity index (χ0) is 14.7. The van der Waals surface area contributed by atoms with Crippen LogP contribution in [0.4, 0.5) is 5.69 Å². The lowest BCUT2D eigenvalue weighted by atomic mass is 10.0. The Morgan fingerprint density at radius 2 is 2.29 bits per heavy atom. The lowest BCUT2D eigenvalue weighted by Gasteiger charge is -2.22. The minimum Gasteiger partial charge on any atom is -0.374 e. The molecular formula is C16H20N4O. The van der Waals surface area contributed by atoms with Crippen LogP contribution >= 0.6 is 0 Å². The number of hydrogen-bond acceptors (Lipinski definition) is 3. The number of anilines is 1. The molecule has 110 valence electrons. The first-order valence-corrected chi connectivity index (χ1v) is 7.29. The Bertz CT molecular complexity index is 608. The van der Waals surface area contributed by atoms with Gasteiger partial charge in [0.1, 0.15) is 6.54 Å². The van der Waals surface area contributed by atoms with Crippen LogP contribution in [0.1, 0.15) is 24.4 Å². The van der Waals surface area contributed by atoms with Crippen LogP contribution in [0.3, 0.4) is 0 Å². The molecule has 0 bridgehead atoms. The highest BCUT2D eigenvalue weighted by atomic mass is 16.2. The molecule has 1 aliphatic heterocycles. The number of carbonyl (C=O) groups excluding carboxylic acids is 1. The topological polar surface area (TPSA) is 50.2 Å². The summed E-state index contributed by atoms with van der Waals surface area (Å²) in [6, 6.07) is 8.40. The average molecular weight is 284 g/mol. The van der Waals surface area contributed by atoms with E-state index >= 15 is 0 Å². The highest BCUT2D eigenvalue weighted by molar-refractivity contribution is 5.76. The molecule has 1 amide bonds. The molecule has 2 heterocycles. The van der Waals surface area contributed by atoms with Gasteiger partial charge in [0.25, 0.3) is 0 Å². The van der Waals surface area contributed by atoms with Gasteiger partial charge in [-0.2, -0.15) is 0 Å². The van der Waals surface area contributed by atoms with Gasteiger partial charge in [0.05, 0.1) is 12.4 Å². The van der Waals surface area contributed by atoms with Crippen LogP contribution < -0.4 is 10.2 Å². The van der Waals surface area contributed by atoms with E-state index < -0.39 is 0 Å². The summed E-state index contributed by atoms with van der Waals surface area (Å²) >= 11 is 0. The number of rotatable bonds is 3. The summed E-state index contributed by atoms with van der Waals surface area (Å²) in [4.78, 5) is 18.4. The summed E-state index contributed by atoms with van der Waals surface area (Å²) < 4.78 is 1.78. The van der Waals surface area contributed by atoms with Crippen molar-refractivity contribution in [2.75, 3.05) is 18.5 Å². The van der Waals surface area contributed by atoms with Crippen LogP contribution in [0, 0.1) is 0 Å². The molecule has 1 unspecified atom stereocenters. The lowest BCUT2D eigenvalue weighted by molar-refractivity contribution is -0.122. The molecule has 5 nitrogen and oxygen atoms in total. The Balaban J connectivity index is 1.75. The van der Waals surface area contributed by atoms with E-state index in [1.54, 1.807) is 23.3 Å². The summed E-state index contributed by atoms with van der Waals surface area (Å²) in [5.74, 6) is 0.0253. The van der Waals surface area contributed by atoms with Crippen LogP contribution in [0.2, 0.25) is 0 Å². The number of imidazole rings is 1. The highest BCUT2D eigenvalue weighted by Crippen LogP contribution is 2.31. The van der Waals surface area contributed by atoms with Crippen LogP contribution in [-0.4, -0.2) is 29.1 Å². The Kier molecular flexibility index (Phi) is 3.90. The molecule has 0 aliphatic carbocycles. The number of benzene rings is 1. The molecule has 0 spiro atoms. The second kappa shape index (κ2) is 5.99. The van der Waals surface area contributed by atoms with Gasteiger partial charge in [-0.15, -0.1) is 0 Å². The van der Waals surface area contributed by atoms with Crippen molar-refractivity contribution in [1.29, 1.82) is 0 Å². The molecule has 1 aromatic heterocycles. The van der Waals surface area contributed by atoms with E-state index in [-0.39, 0.29) is 11.9 Å². The molecule has 0 fully saturated rings. The van der Waals surface area contributed by atoms with Crippen molar-refractivity contribution in [2.45, 2.75) is 25.4 Å². The van der Waals surface area contributed by atoms with Crippen molar-refractivity contribution in [1.82, 2.24) is 14.9 Å². The van der Waals surface area contributed by atoms with Gasteiger partial charge in [0, 0.05) is 31.7 Å². The van der Waals surface area contributed by atoms with E-state index in [9.17, 15) is 4.79 Å². The first kappa shape index (κ1) is 13.7. The SMILES string of the molecule is CN1CCCC(NC(=O)Cn2ccnc2)c2ccccc21. The predicted octanol–water partition coefficient (Wildman–Crippen LogP) is 1.97. The number of para-hydroxylation sites is 1. The fourth-order valence-corrected chi connectivity index (χ4v) is 2.87. The van der Waals surface area contributed by atoms with Crippen molar-refractivity contribution in [3.8, 4) is 0 Å². The minimum atomic E-state index is 0.0253. The summed E-state index contributed by atoms with van der Waals surface area (Å²) in [5.41, 5.74) is 2.42. The smallest absolute Gasteiger partial charge is 0.240 e. The van der Waals surface area contributed by atoms with Gasteiger partial charge in [-0.25, -0.2) is 4.98 Å². The number of aromatic nitrogens is 2. The van der Waals surface area contributed by atoms with Crippen molar-refractivity contribution >= 4 is 11.6 Å². The van der Waals surface area contributed by atoms with E-state index in [4.69, 9.17) is 0 Å². The summed E-state index contributed by atoms with van der Waals surface area (Å²) in [6.45, 7) is 1.33. The van der Waals surface area contributed by atoms with Crippen molar-refractivity contribution in [3.05, 3.63) is 48.5 Å². The molecule has 1 aliphatic rings. The molecule has 21 heavy (non-hydrogen) atoms. The predicted molar refractivity (Wildman–Crippen MR) is 82.1 cm³/mol. The first-order chi connectivity index (χ1) is 10.2. The maximum atomic E-state index is 12.2. The zero-order valence-corrected chi connectivity index (χ0v) is 12.2. The largest absolute Gasteiger partial charge is 0.374 e. The second-order valence-corrected chi connectivity index (χ2v) is 5.48. The van der Waals surface area contributed by atoms with Crippen LogP contribution in [0.25, 0.3) is 0 Å². The van der Waals surface area contributed by atoms with Gasteiger partial charge >= 0.3 is 0 Å². The standard InChI is InChI=1S/C16H20N4O/c1-19-9-4-6-14(13-5-2-3-7-15(13)19)18-16(21)11-20-10-8-17-12-20/h2-3,5,7-8,10,12,14H,4,6,9,11H2,1H3,(H,18,21). The number of carbonyl (C=O) groups is 1. The van der Waals surface area contributed by atoms with Crippen LogP contribution in [-0.2, 0) is 11.3 Å². The Labute approximate surface area is 124 Å². The summed E-state index contributed by atoms with van der Waals surface area (Å²) in [6.07, 6.45) is 7.18. The molecule has 3 rings (SSSR count). The van der Waals surface area contributed by atoms with E-state index in [1.165, 1.54) is 11.3 Å².